The Balaban J connectivity index is 4.64. The molecule has 0 heterocycles. The van der Waals surface area contributed by atoms with Gasteiger partial charge in [0.05, 0.1) is 8.07 Å². The largest absolute Gasteiger partial charge is 0.0917 e. The van der Waals surface area contributed by atoms with Crippen molar-refractivity contribution < 1.29 is 0 Å². The lowest BCUT2D eigenvalue weighted by Gasteiger charge is -2.33. The number of hydrogen-bond donors (Lipinski definition) is 0. The van der Waals surface area contributed by atoms with E-state index < -0.39 is 8.07 Å². The van der Waals surface area contributed by atoms with E-state index >= 15 is 0 Å². The van der Waals surface area contributed by atoms with Gasteiger partial charge in [-0.05, 0) is 19.8 Å². The standard InChI is InChI=1S/C38H78Si/c1-5-9-13-17-21-22-23-24-25-26-30-34-38-39(35-31-27-18-14-10-6-2,36-32-28-19-15-11-7-3)37-33-29-20-16-12-8-4/h5,9H,6-8,10-38H2,1-4H3. The van der Waals surface area contributed by atoms with Crippen LogP contribution in [0.1, 0.15) is 207 Å². The van der Waals surface area contributed by atoms with Gasteiger partial charge in [-0.1, -0.05) is 224 Å². The molecule has 0 N–H and O–H groups in total. The normalized spacial score (nSPS) is 12.2. The Morgan fingerprint density at radius 2 is 0.590 bits per heavy atom. The van der Waals surface area contributed by atoms with Gasteiger partial charge in [-0.3, -0.25) is 0 Å². The lowest BCUT2D eigenvalue weighted by Crippen LogP contribution is -2.34. The summed E-state index contributed by atoms with van der Waals surface area (Å²) in [7, 11) is -1.10. The number of hydrogen-bond acceptors (Lipinski definition) is 0. The average molecular weight is 563 g/mol. The van der Waals surface area contributed by atoms with Gasteiger partial charge < -0.3 is 0 Å². The highest BCUT2D eigenvalue weighted by molar-refractivity contribution is 6.79. The first-order valence-electron chi connectivity index (χ1n) is 18.9. The van der Waals surface area contributed by atoms with Crippen LogP contribution in [-0.2, 0) is 0 Å². The Labute approximate surface area is 251 Å². The maximum Gasteiger partial charge on any atom is 0.0535 e. The van der Waals surface area contributed by atoms with Gasteiger partial charge in [-0.2, -0.15) is 0 Å². The maximum absolute atomic E-state index is 2.35. The van der Waals surface area contributed by atoms with E-state index in [0.29, 0.717) is 0 Å². The van der Waals surface area contributed by atoms with Crippen molar-refractivity contribution in [3.05, 3.63) is 12.2 Å². The molecule has 39 heavy (non-hydrogen) atoms. The molecule has 0 saturated carbocycles. The molecule has 0 aromatic heterocycles. The zero-order valence-corrected chi connectivity index (χ0v) is 29.3. The Hall–Kier alpha value is -0.0431. The van der Waals surface area contributed by atoms with Gasteiger partial charge >= 0.3 is 0 Å². The second-order valence-electron chi connectivity index (χ2n) is 13.3. The second-order valence-corrected chi connectivity index (χ2v) is 18.3. The third-order valence-electron chi connectivity index (χ3n) is 9.50. The van der Waals surface area contributed by atoms with Gasteiger partial charge in [0.15, 0.2) is 0 Å². The molecule has 0 aromatic rings. The molecule has 0 amide bonds. The molecule has 0 aliphatic carbocycles. The second kappa shape index (κ2) is 32.5. The molecular weight excluding hydrogens is 485 g/mol. The smallest absolute Gasteiger partial charge is 0.0535 e. The van der Waals surface area contributed by atoms with E-state index in [1.54, 1.807) is 49.9 Å². The summed E-state index contributed by atoms with van der Waals surface area (Å²) in [5, 5.41) is 0. The zero-order chi connectivity index (χ0) is 28.5. The van der Waals surface area contributed by atoms with Crippen LogP contribution in [0.4, 0.5) is 0 Å². The van der Waals surface area contributed by atoms with Crippen LogP contribution in [0.2, 0.25) is 24.2 Å². The van der Waals surface area contributed by atoms with Crippen LogP contribution in [-0.4, -0.2) is 8.07 Å². The Bertz CT molecular complexity index is 427. The van der Waals surface area contributed by atoms with Crippen molar-refractivity contribution in [1.29, 1.82) is 0 Å². The summed E-state index contributed by atoms with van der Waals surface area (Å²) in [6.07, 6.45) is 45.9. The average Bonchev–Trinajstić information content (AvgIpc) is 2.95. The van der Waals surface area contributed by atoms with Crippen molar-refractivity contribution in [2.75, 3.05) is 0 Å². The first-order valence-corrected chi connectivity index (χ1v) is 21.7. The van der Waals surface area contributed by atoms with E-state index in [-0.39, 0.29) is 0 Å². The van der Waals surface area contributed by atoms with Crippen molar-refractivity contribution in [2.24, 2.45) is 0 Å². The third-order valence-corrected chi connectivity index (χ3v) is 15.2. The van der Waals surface area contributed by atoms with E-state index in [9.17, 15) is 0 Å². The molecule has 0 rings (SSSR count). The Morgan fingerprint density at radius 3 is 0.872 bits per heavy atom. The lowest BCUT2D eigenvalue weighted by atomic mass is 10.1. The highest BCUT2D eigenvalue weighted by atomic mass is 28.3. The molecule has 0 spiro atoms. The highest BCUT2D eigenvalue weighted by Crippen LogP contribution is 2.35. The van der Waals surface area contributed by atoms with Gasteiger partial charge in [0.1, 0.15) is 0 Å². The van der Waals surface area contributed by atoms with Crippen LogP contribution >= 0.6 is 0 Å². The monoisotopic (exact) mass is 563 g/mol. The molecule has 0 radical (unpaired) electrons. The number of unbranched alkanes of at least 4 members (excludes halogenated alkanes) is 24. The molecule has 0 nitrogen and oxygen atoms in total. The molecule has 0 atom stereocenters. The Morgan fingerprint density at radius 1 is 0.333 bits per heavy atom. The first kappa shape index (κ1) is 39.0. The van der Waals surface area contributed by atoms with E-state index in [0.717, 1.165) is 0 Å². The van der Waals surface area contributed by atoms with E-state index in [4.69, 9.17) is 0 Å². The third kappa shape index (κ3) is 27.9. The summed E-state index contributed by atoms with van der Waals surface area (Å²) in [4.78, 5) is 0. The molecule has 0 fully saturated rings. The van der Waals surface area contributed by atoms with Crippen molar-refractivity contribution in [1.82, 2.24) is 0 Å². The predicted octanol–water partition coefficient (Wildman–Crippen LogP) is 15.0. The van der Waals surface area contributed by atoms with Gasteiger partial charge in [0.2, 0.25) is 0 Å². The lowest BCUT2D eigenvalue weighted by molar-refractivity contribution is 0.563. The van der Waals surface area contributed by atoms with Gasteiger partial charge in [-0.15, -0.1) is 0 Å². The van der Waals surface area contributed by atoms with Gasteiger partial charge in [-0.25, -0.2) is 0 Å². The first-order chi connectivity index (χ1) is 19.2. The molecular formula is C38H78Si. The van der Waals surface area contributed by atoms with E-state index in [2.05, 4.69) is 39.8 Å². The van der Waals surface area contributed by atoms with Crippen LogP contribution in [0, 0.1) is 0 Å². The molecule has 0 unspecified atom stereocenters. The molecule has 0 aliphatic rings. The molecule has 234 valence electrons. The van der Waals surface area contributed by atoms with Crippen LogP contribution in [0.25, 0.3) is 0 Å². The summed E-state index contributed by atoms with van der Waals surface area (Å²) in [5.41, 5.74) is 0. The van der Waals surface area contributed by atoms with Crippen molar-refractivity contribution in [3.8, 4) is 0 Å². The highest BCUT2D eigenvalue weighted by Gasteiger charge is 2.30. The SMILES string of the molecule is CC=CCCCCCCCCCCC[Si](CCCCCCCC)(CCCCCCCC)CCCCCCCC. The van der Waals surface area contributed by atoms with Crippen LogP contribution in [0.15, 0.2) is 12.2 Å². The summed E-state index contributed by atoms with van der Waals surface area (Å²) in [6.45, 7) is 9.20. The quantitative estimate of drug-likeness (QED) is 0.0424. The minimum Gasteiger partial charge on any atom is -0.0917 e. The van der Waals surface area contributed by atoms with Crippen LogP contribution < -0.4 is 0 Å². The van der Waals surface area contributed by atoms with Crippen LogP contribution in [0.5, 0.6) is 0 Å². The van der Waals surface area contributed by atoms with E-state index in [1.165, 1.54) is 154 Å². The fourth-order valence-electron chi connectivity index (χ4n) is 6.76. The molecule has 0 aliphatic heterocycles. The maximum atomic E-state index is 2.35. The van der Waals surface area contributed by atoms with Crippen molar-refractivity contribution in [2.45, 2.75) is 232 Å². The number of rotatable bonds is 33. The van der Waals surface area contributed by atoms with E-state index in [1.807, 2.05) is 0 Å². The molecule has 0 bridgehead atoms. The fourth-order valence-corrected chi connectivity index (χ4v) is 12.3. The van der Waals surface area contributed by atoms with Crippen molar-refractivity contribution >= 4 is 8.07 Å². The zero-order valence-electron chi connectivity index (χ0n) is 28.3. The van der Waals surface area contributed by atoms with Gasteiger partial charge in [0.25, 0.3) is 0 Å². The minimum absolute atomic E-state index is 1.10. The topological polar surface area (TPSA) is 0 Å². The fraction of sp³-hybridized carbons (Fsp3) is 0.947. The summed E-state index contributed by atoms with van der Waals surface area (Å²) in [5.74, 6) is 0. The number of allylic oxidation sites excluding steroid dienone is 2. The van der Waals surface area contributed by atoms with Crippen molar-refractivity contribution in [3.63, 3.8) is 0 Å². The molecule has 1 heteroatoms. The molecule has 0 aromatic carbocycles. The molecule has 0 saturated heterocycles. The summed E-state index contributed by atoms with van der Waals surface area (Å²) >= 11 is 0. The van der Waals surface area contributed by atoms with Crippen LogP contribution in [0.3, 0.4) is 0 Å². The summed E-state index contributed by atoms with van der Waals surface area (Å²) in [6, 6.07) is 6.71. The predicted molar refractivity (Wildman–Crippen MR) is 186 cm³/mol. The Kier molecular flexibility index (Phi) is 32.4. The minimum atomic E-state index is -1.10. The van der Waals surface area contributed by atoms with Gasteiger partial charge in [0, 0.05) is 0 Å². The summed E-state index contributed by atoms with van der Waals surface area (Å²) < 4.78 is 0.